The number of rotatable bonds is 1. The van der Waals surface area contributed by atoms with E-state index in [-0.39, 0.29) is 4.87 Å². The smallest absolute Gasteiger partial charge is 0.215 e. The van der Waals surface area contributed by atoms with Crippen LogP contribution < -0.4 is 4.90 Å². The van der Waals surface area contributed by atoms with E-state index in [0.717, 1.165) is 24.9 Å². The van der Waals surface area contributed by atoms with Gasteiger partial charge in [0.05, 0.1) is 10.6 Å². The van der Waals surface area contributed by atoms with Crippen molar-refractivity contribution in [2.24, 2.45) is 0 Å². The summed E-state index contributed by atoms with van der Waals surface area (Å²) in [7, 11) is 0. The first-order chi connectivity index (χ1) is 7.36. The molecule has 1 amide bonds. The van der Waals surface area contributed by atoms with E-state index < -0.39 is 0 Å². The molecule has 2 aliphatic rings. The maximum Gasteiger partial charge on any atom is 0.215 e. The van der Waals surface area contributed by atoms with Gasteiger partial charge in [0.15, 0.2) is 0 Å². The van der Waals surface area contributed by atoms with Crippen LogP contribution in [0.4, 0.5) is 5.69 Å². The number of nitrogens with zero attached hydrogens (tertiary/aromatic N) is 1. The summed E-state index contributed by atoms with van der Waals surface area (Å²) in [5, 5.41) is 0. The van der Waals surface area contributed by atoms with Crippen molar-refractivity contribution >= 4 is 23.9 Å². The molecule has 1 aliphatic carbocycles. The van der Waals surface area contributed by atoms with Crippen molar-refractivity contribution in [1.29, 1.82) is 0 Å². The maximum absolute atomic E-state index is 11.2. The Morgan fingerprint density at radius 2 is 2.00 bits per heavy atom. The van der Waals surface area contributed by atoms with Gasteiger partial charge in [-0.05, 0) is 25.0 Å². The number of thioether (sulfide) groups is 1. The van der Waals surface area contributed by atoms with Crippen molar-refractivity contribution in [1.82, 2.24) is 0 Å². The van der Waals surface area contributed by atoms with E-state index in [1.165, 1.54) is 17.7 Å². The number of carbonyl (C=O) groups is 1. The van der Waals surface area contributed by atoms with Crippen LogP contribution in [-0.4, -0.2) is 11.3 Å². The molecule has 0 radical (unpaired) electrons. The largest absolute Gasteiger partial charge is 0.298 e. The fourth-order valence-electron chi connectivity index (χ4n) is 2.64. The van der Waals surface area contributed by atoms with Crippen LogP contribution in [0.1, 0.15) is 25.7 Å². The van der Waals surface area contributed by atoms with E-state index >= 15 is 0 Å². The first kappa shape index (κ1) is 9.28. The van der Waals surface area contributed by atoms with Gasteiger partial charge >= 0.3 is 0 Å². The normalized spacial score (nSPS) is 22.0. The average molecular weight is 219 g/mol. The van der Waals surface area contributed by atoms with Gasteiger partial charge in [-0.3, -0.25) is 9.69 Å². The van der Waals surface area contributed by atoms with Crippen molar-refractivity contribution in [2.45, 2.75) is 35.4 Å². The predicted octanol–water partition coefficient (Wildman–Crippen LogP) is 3.03. The minimum absolute atomic E-state index is 0.0471. The molecule has 1 aliphatic heterocycles. The molecule has 1 aromatic carbocycles. The molecule has 0 bridgehead atoms. The van der Waals surface area contributed by atoms with Crippen LogP contribution in [0.25, 0.3) is 0 Å². The van der Waals surface area contributed by atoms with Gasteiger partial charge in [-0.2, -0.15) is 0 Å². The highest BCUT2D eigenvalue weighted by Gasteiger charge is 2.46. The summed E-state index contributed by atoms with van der Waals surface area (Å²) in [4.78, 5) is 14.5. The molecule has 3 heteroatoms. The van der Waals surface area contributed by atoms with Gasteiger partial charge in [0.1, 0.15) is 0 Å². The summed E-state index contributed by atoms with van der Waals surface area (Å²) in [6, 6.07) is 8.21. The fraction of sp³-hybridized carbons (Fsp3) is 0.417. The number of hydrogen-bond donors (Lipinski definition) is 0. The fourth-order valence-corrected chi connectivity index (χ4v) is 4.20. The molecule has 0 aromatic heterocycles. The molecular weight excluding hydrogens is 206 g/mol. The summed E-state index contributed by atoms with van der Waals surface area (Å²) in [6.07, 6.45) is 5.75. The monoisotopic (exact) mass is 219 g/mol. The van der Waals surface area contributed by atoms with E-state index in [0.29, 0.717) is 0 Å². The highest BCUT2D eigenvalue weighted by molar-refractivity contribution is 8.01. The second kappa shape index (κ2) is 3.27. The van der Waals surface area contributed by atoms with Gasteiger partial charge in [0.25, 0.3) is 0 Å². The summed E-state index contributed by atoms with van der Waals surface area (Å²) in [5.41, 5.74) is 1.10. The van der Waals surface area contributed by atoms with E-state index in [1.54, 1.807) is 0 Å². The number of para-hydroxylation sites is 1. The summed E-state index contributed by atoms with van der Waals surface area (Å²) in [5.74, 6) is 0. The van der Waals surface area contributed by atoms with E-state index in [4.69, 9.17) is 0 Å². The quantitative estimate of drug-likeness (QED) is 0.677. The lowest BCUT2D eigenvalue weighted by atomic mass is 10.2. The zero-order valence-electron chi connectivity index (χ0n) is 8.48. The maximum atomic E-state index is 11.2. The van der Waals surface area contributed by atoms with Crippen LogP contribution in [0.5, 0.6) is 0 Å². The standard InChI is InChI=1S/C12H13NOS/c14-9-13-10-5-1-2-6-11(10)15-12(13)7-3-4-8-12/h1-2,5-6,9H,3-4,7-8H2. The molecule has 0 atom stereocenters. The first-order valence-electron chi connectivity index (χ1n) is 5.38. The molecule has 0 saturated heterocycles. The molecule has 0 unspecified atom stereocenters. The Kier molecular flexibility index (Phi) is 2.02. The Balaban J connectivity index is 2.08. The summed E-state index contributed by atoms with van der Waals surface area (Å²) >= 11 is 1.87. The van der Waals surface area contributed by atoms with Gasteiger partial charge in [-0.25, -0.2) is 0 Å². The Hall–Kier alpha value is -0.960. The minimum atomic E-state index is 0.0471. The number of carbonyl (C=O) groups excluding carboxylic acids is 1. The van der Waals surface area contributed by atoms with Gasteiger partial charge in [-0.15, -0.1) is 0 Å². The third kappa shape index (κ3) is 1.22. The van der Waals surface area contributed by atoms with E-state index in [2.05, 4.69) is 6.07 Å². The lowest BCUT2D eigenvalue weighted by molar-refractivity contribution is -0.108. The molecule has 1 saturated carbocycles. The molecular formula is C12H13NOS. The topological polar surface area (TPSA) is 20.3 Å². The number of benzene rings is 1. The molecule has 1 aromatic rings. The number of fused-ring (bicyclic) bond motifs is 1. The lowest BCUT2D eigenvalue weighted by Crippen LogP contribution is -2.39. The van der Waals surface area contributed by atoms with Crippen molar-refractivity contribution < 1.29 is 4.79 Å². The van der Waals surface area contributed by atoms with Gasteiger partial charge in [0, 0.05) is 4.90 Å². The number of hydrogen-bond acceptors (Lipinski definition) is 2. The van der Waals surface area contributed by atoms with Crippen LogP contribution in [0.3, 0.4) is 0 Å². The molecule has 0 N–H and O–H groups in total. The lowest BCUT2D eigenvalue weighted by Gasteiger charge is -2.30. The predicted molar refractivity (Wildman–Crippen MR) is 62.0 cm³/mol. The van der Waals surface area contributed by atoms with Crippen molar-refractivity contribution in [3.05, 3.63) is 24.3 Å². The van der Waals surface area contributed by atoms with Crippen LogP contribution in [-0.2, 0) is 4.79 Å². The SMILES string of the molecule is O=CN1c2ccccc2SC12CCCC2. The van der Waals surface area contributed by atoms with Crippen LogP contribution in [0, 0.1) is 0 Å². The molecule has 1 spiro atoms. The van der Waals surface area contributed by atoms with Gasteiger partial charge < -0.3 is 0 Å². The minimum Gasteiger partial charge on any atom is -0.298 e. The van der Waals surface area contributed by atoms with Crippen molar-refractivity contribution in [3.8, 4) is 0 Å². The Morgan fingerprint density at radius 3 is 2.73 bits per heavy atom. The van der Waals surface area contributed by atoms with Crippen molar-refractivity contribution in [3.63, 3.8) is 0 Å². The second-order valence-electron chi connectivity index (χ2n) is 4.20. The van der Waals surface area contributed by atoms with E-state index in [1.807, 2.05) is 34.9 Å². The third-order valence-electron chi connectivity index (χ3n) is 3.35. The molecule has 1 heterocycles. The highest BCUT2D eigenvalue weighted by Crippen LogP contribution is 2.56. The molecule has 15 heavy (non-hydrogen) atoms. The Labute approximate surface area is 93.7 Å². The average Bonchev–Trinajstić information content (AvgIpc) is 2.83. The number of anilines is 1. The summed E-state index contributed by atoms with van der Waals surface area (Å²) in [6.45, 7) is 0. The molecule has 2 nitrogen and oxygen atoms in total. The molecule has 78 valence electrons. The number of amides is 1. The van der Waals surface area contributed by atoms with Crippen LogP contribution >= 0.6 is 11.8 Å². The van der Waals surface area contributed by atoms with Crippen LogP contribution in [0.2, 0.25) is 0 Å². The third-order valence-corrected chi connectivity index (χ3v) is 4.90. The van der Waals surface area contributed by atoms with E-state index in [9.17, 15) is 4.79 Å². The van der Waals surface area contributed by atoms with Gasteiger partial charge in [0.2, 0.25) is 6.41 Å². The first-order valence-corrected chi connectivity index (χ1v) is 6.20. The molecule has 3 rings (SSSR count). The second-order valence-corrected chi connectivity index (χ2v) is 5.60. The Bertz CT molecular complexity index is 398. The zero-order valence-corrected chi connectivity index (χ0v) is 9.30. The summed E-state index contributed by atoms with van der Waals surface area (Å²) < 4.78 is 0. The van der Waals surface area contributed by atoms with Crippen LogP contribution in [0.15, 0.2) is 29.2 Å². The van der Waals surface area contributed by atoms with Gasteiger partial charge in [-0.1, -0.05) is 36.7 Å². The Morgan fingerprint density at radius 1 is 1.27 bits per heavy atom. The van der Waals surface area contributed by atoms with Crippen molar-refractivity contribution in [2.75, 3.05) is 4.90 Å². The highest BCUT2D eigenvalue weighted by atomic mass is 32.2. The zero-order chi connectivity index (χ0) is 10.3. The molecule has 1 fully saturated rings.